The van der Waals surface area contributed by atoms with E-state index in [1.807, 2.05) is 31.2 Å². The Morgan fingerprint density at radius 1 is 1.35 bits per heavy atom. The number of hydrogen-bond donors (Lipinski definition) is 1. The Bertz CT molecular complexity index is 365. The largest absolute Gasteiger partial charge is 0.314 e. The van der Waals surface area contributed by atoms with Gasteiger partial charge in [0.05, 0.1) is 10.8 Å². The van der Waals surface area contributed by atoms with Crippen LogP contribution in [0.3, 0.4) is 0 Å². The molecule has 1 N–H and O–H groups in total. The Morgan fingerprint density at radius 2 is 2.06 bits per heavy atom. The monoisotopic (exact) mass is 253 g/mol. The Balaban J connectivity index is 2.42. The maximum atomic E-state index is 12.1. The summed E-state index contributed by atoms with van der Waals surface area (Å²) in [5.74, 6) is 0.739. The van der Waals surface area contributed by atoms with E-state index >= 15 is 0 Å². The van der Waals surface area contributed by atoms with Crippen molar-refractivity contribution in [2.75, 3.05) is 12.3 Å². The predicted molar refractivity (Wildman–Crippen MR) is 74.8 cm³/mol. The Labute approximate surface area is 107 Å². The van der Waals surface area contributed by atoms with Crippen molar-refractivity contribution in [1.29, 1.82) is 0 Å². The molecule has 0 aromatic heterocycles. The van der Waals surface area contributed by atoms with E-state index in [9.17, 15) is 4.21 Å². The van der Waals surface area contributed by atoms with E-state index in [-0.39, 0.29) is 0 Å². The van der Waals surface area contributed by atoms with Crippen LogP contribution in [-0.2, 0) is 10.8 Å². The zero-order valence-corrected chi connectivity index (χ0v) is 11.8. The lowest BCUT2D eigenvalue weighted by atomic mass is 10.2. The summed E-state index contributed by atoms with van der Waals surface area (Å²) in [7, 11) is -0.861. The van der Waals surface area contributed by atoms with Gasteiger partial charge in [-0.1, -0.05) is 25.1 Å². The third-order valence-corrected chi connectivity index (χ3v) is 4.37. The standard InChI is InChI=1S/C14H23NOS/c1-4-10-15-13(3)9-11-17(16)14-8-6-5-7-12(14)2/h5-8,13,15H,4,9-11H2,1-3H3. The van der Waals surface area contributed by atoms with Gasteiger partial charge < -0.3 is 5.32 Å². The van der Waals surface area contributed by atoms with Crippen LogP contribution >= 0.6 is 0 Å². The average Bonchev–Trinajstić information content (AvgIpc) is 2.34. The Kier molecular flexibility index (Phi) is 6.45. The zero-order valence-electron chi connectivity index (χ0n) is 11.0. The van der Waals surface area contributed by atoms with Crippen molar-refractivity contribution in [2.24, 2.45) is 0 Å². The molecule has 0 aliphatic heterocycles. The van der Waals surface area contributed by atoms with Crippen LogP contribution in [0, 0.1) is 6.92 Å². The van der Waals surface area contributed by atoms with Gasteiger partial charge >= 0.3 is 0 Å². The minimum Gasteiger partial charge on any atom is -0.314 e. The summed E-state index contributed by atoms with van der Waals surface area (Å²) in [5, 5.41) is 3.42. The van der Waals surface area contributed by atoms with Crippen molar-refractivity contribution in [1.82, 2.24) is 5.32 Å². The molecule has 0 amide bonds. The SMILES string of the molecule is CCCNC(C)CCS(=O)c1ccccc1C. The molecule has 0 bridgehead atoms. The summed E-state index contributed by atoms with van der Waals surface area (Å²) >= 11 is 0. The van der Waals surface area contributed by atoms with Crippen molar-refractivity contribution in [2.45, 2.75) is 44.6 Å². The van der Waals surface area contributed by atoms with Crippen LogP contribution in [0.1, 0.15) is 32.3 Å². The van der Waals surface area contributed by atoms with Crippen LogP contribution in [-0.4, -0.2) is 22.5 Å². The first-order valence-corrected chi connectivity index (χ1v) is 7.64. The molecule has 3 heteroatoms. The van der Waals surface area contributed by atoms with Gasteiger partial charge in [0, 0.05) is 16.7 Å². The van der Waals surface area contributed by atoms with E-state index in [0.29, 0.717) is 6.04 Å². The fourth-order valence-corrected chi connectivity index (χ4v) is 3.14. The van der Waals surface area contributed by atoms with E-state index in [1.54, 1.807) is 0 Å². The van der Waals surface area contributed by atoms with Gasteiger partial charge in [-0.3, -0.25) is 4.21 Å². The van der Waals surface area contributed by atoms with E-state index in [4.69, 9.17) is 0 Å². The number of nitrogens with one attached hydrogen (secondary N) is 1. The van der Waals surface area contributed by atoms with Gasteiger partial charge in [0.1, 0.15) is 0 Å². The van der Waals surface area contributed by atoms with Gasteiger partial charge in [-0.2, -0.15) is 0 Å². The van der Waals surface area contributed by atoms with Gasteiger partial charge in [0.25, 0.3) is 0 Å². The summed E-state index contributed by atoms with van der Waals surface area (Å²) in [5.41, 5.74) is 1.13. The van der Waals surface area contributed by atoms with Crippen molar-refractivity contribution >= 4 is 10.8 Å². The zero-order chi connectivity index (χ0) is 12.7. The number of aryl methyl sites for hydroxylation is 1. The smallest absolute Gasteiger partial charge is 0.0532 e. The molecule has 17 heavy (non-hydrogen) atoms. The lowest BCUT2D eigenvalue weighted by molar-refractivity contribution is 0.533. The maximum absolute atomic E-state index is 12.1. The first-order chi connectivity index (χ1) is 8.15. The van der Waals surface area contributed by atoms with E-state index in [2.05, 4.69) is 19.2 Å². The average molecular weight is 253 g/mol. The molecule has 0 aliphatic carbocycles. The molecule has 1 aromatic rings. The molecular formula is C14H23NOS. The molecular weight excluding hydrogens is 230 g/mol. The molecule has 1 rings (SSSR count). The highest BCUT2D eigenvalue weighted by Crippen LogP contribution is 2.13. The minimum absolute atomic E-state index is 0.447. The predicted octanol–water partition coefficient (Wildman–Crippen LogP) is 2.88. The van der Waals surface area contributed by atoms with Crippen LogP contribution in [0.25, 0.3) is 0 Å². The van der Waals surface area contributed by atoms with Gasteiger partial charge in [0.15, 0.2) is 0 Å². The summed E-state index contributed by atoms with van der Waals surface area (Å²) in [6.45, 7) is 7.38. The molecule has 96 valence electrons. The third-order valence-electron chi connectivity index (χ3n) is 2.82. The van der Waals surface area contributed by atoms with E-state index in [0.717, 1.165) is 35.6 Å². The second-order valence-electron chi connectivity index (χ2n) is 4.46. The second kappa shape index (κ2) is 7.62. The molecule has 2 atom stereocenters. The van der Waals surface area contributed by atoms with Gasteiger partial charge in [-0.15, -0.1) is 0 Å². The van der Waals surface area contributed by atoms with Crippen LogP contribution in [0.4, 0.5) is 0 Å². The molecule has 2 nitrogen and oxygen atoms in total. The summed E-state index contributed by atoms with van der Waals surface area (Å²) in [6, 6.07) is 8.38. The molecule has 0 saturated heterocycles. The Morgan fingerprint density at radius 3 is 2.71 bits per heavy atom. The highest BCUT2D eigenvalue weighted by molar-refractivity contribution is 7.85. The van der Waals surface area contributed by atoms with Gasteiger partial charge in [-0.25, -0.2) is 0 Å². The van der Waals surface area contributed by atoms with Crippen molar-refractivity contribution < 1.29 is 4.21 Å². The Hall–Kier alpha value is -0.670. The van der Waals surface area contributed by atoms with Gasteiger partial charge in [0.2, 0.25) is 0 Å². The maximum Gasteiger partial charge on any atom is 0.0532 e. The second-order valence-corrected chi connectivity index (χ2v) is 6.00. The molecule has 0 heterocycles. The fourth-order valence-electron chi connectivity index (χ4n) is 1.70. The fraction of sp³-hybridized carbons (Fsp3) is 0.571. The third kappa shape index (κ3) is 5.00. The first-order valence-electron chi connectivity index (χ1n) is 6.32. The lowest BCUT2D eigenvalue weighted by Crippen LogP contribution is -2.28. The van der Waals surface area contributed by atoms with Crippen LogP contribution < -0.4 is 5.32 Å². The van der Waals surface area contributed by atoms with Crippen molar-refractivity contribution in [3.63, 3.8) is 0 Å². The first kappa shape index (κ1) is 14.4. The topological polar surface area (TPSA) is 29.1 Å². The highest BCUT2D eigenvalue weighted by Gasteiger charge is 2.08. The molecule has 2 unspecified atom stereocenters. The quantitative estimate of drug-likeness (QED) is 0.809. The molecule has 1 aromatic carbocycles. The summed E-state index contributed by atoms with van der Waals surface area (Å²) in [4.78, 5) is 0.982. The van der Waals surface area contributed by atoms with Gasteiger partial charge in [-0.05, 0) is 44.9 Å². The molecule has 0 spiro atoms. The summed E-state index contributed by atoms with van der Waals surface area (Å²) in [6.07, 6.45) is 2.10. The molecule has 0 saturated carbocycles. The van der Waals surface area contributed by atoms with Crippen molar-refractivity contribution in [3.05, 3.63) is 29.8 Å². The van der Waals surface area contributed by atoms with Crippen LogP contribution in [0.2, 0.25) is 0 Å². The molecule has 0 fully saturated rings. The number of hydrogen-bond acceptors (Lipinski definition) is 2. The van der Waals surface area contributed by atoms with Crippen molar-refractivity contribution in [3.8, 4) is 0 Å². The van der Waals surface area contributed by atoms with E-state index < -0.39 is 10.8 Å². The normalized spacial score (nSPS) is 14.5. The van der Waals surface area contributed by atoms with Crippen LogP contribution in [0.15, 0.2) is 29.2 Å². The minimum atomic E-state index is -0.861. The summed E-state index contributed by atoms with van der Waals surface area (Å²) < 4.78 is 12.1. The highest BCUT2D eigenvalue weighted by atomic mass is 32.2. The van der Waals surface area contributed by atoms with E-state index in [1.165, 1.54) is 0 Å². The van der Waals surface area contributed by atoms with Crippen LogP contribution in [0.5, 0.6) is 0 Å². The molecule has 0 radical (unpaired) electrons. The molecule has 0 aliphatic rings. The number of rotatable bonds is 7. The number of benzene rings is 1. The lowest BCUT2D eigenvalue weighted by Gasteiger charge is -2.13.